The van der Waals surface area contributed by atoms with Gasteiger partial charge in [0.2, 0.25) is 0 Å². The quantitative estimate of drug-likeness (QED) is 0.738. The fraction of sp³-hybridized carbons (Fsp3) is 0.818. The van der Waals surface area contributed by atoms with Crippen molar-refractivity contribution in [2.24, 2.45) is 5.92 Å². The van der Waals surface area contributed by atoms with Gasteiger partial charge in [-0.05, 0) is 31.8 Å². The molecule has 0 bridgehead atoms. The lowest BCUT2D eigenvalue weighted by Gasteiger charge is -2.20. The average molecular weight is 243 g/mol. The van der Waals surface area contributed by atoms with E-state index in [1.807, 2.05) is 0 Å². The zero-order valence-electron chi connectivity index (χ0n) is 9.77. The molecule has 2 rings (SSSR count). The molecule has 0 aliphatic carbocycles. The fourth-order valence-corrected chi connectivity index (χ4v) is 2.54. The zero-order chi connectivity index (χ0) is 11.4. The van der Waals surface area contributed by atoms with Crippen LogP contribution in [0.2, 0.25) is 0 Å². The maximum atomic E-state index is 5.79. The number of alkyl halides is 1. The first-order valence-corrected chi connectivity index (χ1v) is 6.48. The molecule has 1 aliphatic rings. The molecule has 4 nitrogen and oxygen atoms in total. The van der Waals surface area contributed by atoms with Crippen molar-refractivity contribution in [3.8, 4) is 0 Å². The van der Waals surface area contributed by atoms with Gasteiger partial charge in [0.25, 0.3) is 0 Å². The normalized spacial score (nSPS) is 19.1. The van der Waals surface area contributed by atoms with Crippen molar-refractivity contribution in [2.45, 2.75) is 32.2 Å². The molecule has 0 spiro atoms. The van der Waals surface area contributed by atoms with E-state index in [1.165, 1.54) is 32.5 Å². The Labute approximate surface area is 102 Å². The first-order valence-electron chi connectivity index (χ1n) is 5.94. The van der Waals surface area contributed by atoms with E-state index in [-0.39, 0.29) is 0 Å². The molecule has 1 atom stereocenters. The Morgan fingerprint density at radius 2 is 2.12 bits per heavy atom. The van der Waals surface area contributed by atoms with Crippen molar-refractivity contribution < 1.29 is 0 Å². The number of halogens is 1. The van der Waals surface area contributed by atoms with Crippen LogP contribution in [0.3, 0.4) is 0 Å². The Hall–Kier alpha value is -0.610. The second-order valence-corrected chi connectivity index (χ2v) is 4.91. The van der Waals surface area contributed by atoms with Gasteiger partial charge in [-0.15, -0.1) is 21.8 Å². The molecule has 1 aliphatic heterocycles. The predicted octanol–water partition coefficient (Wildman–Crippen LogP) is 1.75. The van der Waals surface area contributed by atoms with Crippen LogP contribution in [0.1, 0.15) is 25.6 Å². The molecule has 0 saturated carbocycles. The van der Waals surface area contributed by atoms with E-state index in [1.54, 1.807) is 6.33 Å². The Bertz CT molecular complexity index is 320. The van der Waals surface area contributed by atoms with Gasteiger partial charge < -0.3 is 9.47 Å². The van der Waals surface area contributed by atoms with Crippen LogP contribution in [0.4, 0.5) is 0 Å². The lowest BCUT2D eigenvalue weighted by molar-refractivity contribution is 0.270. The number of hydrogen-bond donors (Lipinski definition) is 0. The second-order valence-electron chi connectivity index (χ2n) is 4.65. The summed E-state index contributed by atoms with van der Waals surface area (Å²) in [4.78, 5) is 2.54. The van der Waals surface area contributed by atoms with Gasteiger partial charge in [0.15, 0.2) is 0 Å². The molecule has 0 N–H and O–H groups in total. The highest BCUT2D eigenvalue weighted by Gasteiger charge is 2.15. The first-order chi connectivity index (χ1) is 7.79. The van der Waals surface area contributed by atoms with Gasteiger partial charge in [-0.25, -0.2) is 0 Å². The van der Waals surface area contributed by atoms with Gasteiger partial charge in [0.05, 0.1) is 5.88 Å². The summed E-state index contributed by atoms with van der Waals surface area (Å²) in [6, 6.07) is 0. The van der Waals surface area contributed by atoms with Crippen LogP contribution >= 0.6 is 11.6 Å². The standard InChI is InChI=1S/C11H19ClN4/c1-10(7-15-4-2-3-5-15)8-16-9-13-14-11(16)6-12/h9-10H,2-8H2,1H3. The highest BCUT2D eigenvalue weighted by Crippen LogP contribution is 2.12. The molecule has 2 heterocycles. The number of aromatic nitrogens is 3. The SMILES string of the molecule is CC(CN1CCCC1)Cn1cnnc1CCl. The molecule has 0 amide bonds. The van der Waals surface area contributed by atoms with Crippen LogP contribution in [0.25, 0.3) is 0 Å². The number of likely N-dealkylation sites (tertiary alicyclic amines) is 1. The van der Waals surface area contributed by atoms with Crippen LogP contribution in [-0.2, 0) is 12.4 Å². The number of rotatable bonds is 5. The highest BCUT2D eigenvalue weighted by atomic mass is 35.5. The molecule has 0 aromatic carbocycles. The number of hydrogen-bond acceptors (Lipinski definition) is 3. The van der Waals surface area contributed by atoms with Gasteiger partial charge in [0, 0.05) is 13.1 Å². The second kappa shape index (κ2) is 5.64. The van der Waals surface area contributed by atoms with Crippen molar-refractivity contribution in [2.75, 3.05) is 19.6 Å². The third-order valence-electron chi connectivity index (χ3n) is 3.09. The molecule has 0 radical (unpaired) electrons. The molecule has 1 unspecified atom stereocenters. The fourth-order valence-electron chi connectivity index (χ4n) is 2.33. The van der Waals surface area contributed by atoms with Crippen molar-refractivity contribution >= 4 is 11.6 Å². The monoisotopic (exact) mass is 242 g/mol. The van der Waals surface area contributed by atoms with Crippen LogP contribution in [0.5, 0.6) is 0 Å². The molecule has 1 aromatic heterocycles. The molecule has 1 fully saturated rings. The molecular formula is C11H19ClN4. The maximum Gasteiger partial charge on any atom is 0.147 e. The molecule has 90 valence electrons. The lowest BCUT2D eigenvalue weighted by atomic mass is 10.1. The largest absolute Gasteiger partial charge is 0.316 e. The summed E-state index contributed by atoms with van der Waals surface area (Å²) < 4.78 is 2.06. The minimum atomic E-state index is 0.441. The van der Waals surface area contributed by atoms with Crippen molar-refractivity contribution in [1.82, 2.24) is 19.7 Å². The topological polar surface area (TPSA) is 34.0 Å². The average Bonchev–Trinajstić information content (AvgIpc) is 2.88. The summed E-state index contributed by atoms with van der Waals surface area (Å²) in [5.41, 5.74) is 0. The first kappa shape index (κ1) is 11.9. The van der Waals surface area contributed by atoms with Crippen molar-refractivity contribution in [1.29, 1.82) is 0 Å². The molecule has 1 saturated heterocycles. The van der Waals surface area contributed by atoms with Crippen molar-refractivity contribution in [3.05, 3.63) is 12.2 Å². The van der Waals surface area contributed by atoms with E-state index in [0.29, 0.717) is 11.8 Å². The van der Waals surface area contributed by atoms with Gasteiger partial charge in [-0.3, -0.25) is 0 Å². The van der Waals surface area contributed by atoms with E-state index in [0.717, 1.165) is 12.4 Å². The van der Waals surface area contributed by atoms with E-state index in [9.17, 15) is 0 Å². The predicted molar refractivity (Wildman–Crippen MR) is 64.4 cm³/mol. The lowest BCUT2D eigenvalue weighted by Crippen LogP contribution is -2.27. The van der Waals surface area contributed by atoms with E-state index >= 15 is 0 Å². The van der Waals surface area contributed by atoms with Gasteiger partial charge in [-0.1, -0.05) is 6.92 Å². The summed E-state index contributed by atoms with van der Waals surface area (Å²) in [6.07, 6.45) is 4.48. The third-order valence-corrected chi connectivity index (χ3v) is 3.33. The van der Waals surface area contributed by atoms with Crippen molar-refractivity contribution in [3.63, 3.8) is 0 Å². The van der Waals surface area contributed by atoms with E-state index < -0.39 is 0 Å². The third kappa shape index (κ3) is 2.95. The summed E-state index contributed by atoms with van der Waals surface area (Å²) in [5, 5.41) is 7.88. The smallest absolute Gasteiger partial charge is 0.147 e. The number of nitrogens with zero attached hydrogens (tertiary/aromatic N) is 4. The molecule has 1 aromatic rings. The van der Waals surface area contributed by atoms with Gasteiger partial charge >= 0.3 is 0 Å². The minimum absolute atomic E-state index is 0.441. The summed E-state index contributed by atoms with van der Waals surface area (Å²) >= 11 is 5.79. The Kier molecular flexibility index (Phi) is 4.18. The molecular weight excluding hydrogens is 224 g/mol. The highest BCUT2D eigenvalue weighted by molar-refractivity contribution is 6.16. The summed E-state index contributed by atoms with van der Waals surface area (Å²) in [5.74, 6) is 1.93. The van der Waals surface area contributed by atoms with Crippen LogP contribution < -0.4 is 0 Å². The summed E-state index contributed by atoms with van der Waals surface area (Å²) in [6.45, 7) is 6.92. The Morgan fingerprint density at radius 1 is 1.38 bits per heavy atom. The molecule has 5 heteroatoms. The molecule has 16 heavy (non-hydrogen) atoms. The van der Waals surface area contributed by atoms with Gasteiger partial charge in [-0.2, -0.15) is 0 Å². The maximum absolute atomic E-state index is 5.79. The summed E-state index contributed by atoms with van der Waals surface area (Å²) in [7, 11) is 0. The van der Waals surface area contributed by atoms with Gasteiger partial charge in [0.1, 0.15) is 12.2 Å². The Balaban J connectivity index is 1.84. The minimum Gasteiger partial charge on any atom is -0.316 e. The Morgan fingerprint density at radius 3 is 2.81 bits per heavy atom. The van der Waals surface area contributed by atoms with Crippen LogP contribution in [0.15, 0.2) is 6.33 Å². The zero-order valence-corrected chi connectivity index (χ0v) is 10.5. The van der Waals surface area contributed by atoms with E-state index in [4.69, 9.17) is 11.6 Å². The van der Waals surface area contributed by atoms with E-state index in [2.05, 4.69) is 26.6 Å². The van der Waals surface area contributed by atoms with Crippen LogP contribution in [0, 0.1) is 5.92 Å². The van der Waals surface area contributed by atoms with Crippen LogP contribution in [-0.4, -0.2) is 39.3 Å².